The van der Waals surface area contributed by atoms with Crippen LogP contribution in [-0.4, -0.2) is 182 Å². The van der Waals surface area contributed by atoms with Gasteiger partial charge >= 0.3 is 36.7 Å². The van der Waals surface area contributed by atoms with Crippen LogP contribution in [0.2, 0.25) is 0 Å². The number of unbranched alkanes of at least 4 members (excludes halogenated alkanes) is 12. The molecule has 0 fully saturated rings. The van der Waals surface area contributed by atoms with Crippen LogP contribution >= 0.6 is 50.2 Å². The van der Waals surface area contributed by atoms with E-state index < -0.39 is 35.1 Å². The van der Waals surface area contributed by atoms with Gasteiger partial charge in [0.1, 0.15) is 0 Å². The van der Waals surface area contributed by atoms with Gasteiger partial charge in [-0.25, -0.2) is 24.0 Å². The van der Waals surface area contributed by atoms with Gasteiger partial charge in [0.2, 0.25) is 5.91 Å². The van der Waals surface area contributed by atoms with E-state index in [4.69, 9.17) is 65.2 Å². The van der Waals surface area contributed by atoms with Gasteiger partial charge in [-0.15, -0.1) is 0 Å². The molecular formula is C89H126BIN6O20PS2. The Morgan fingerprint density at radius 3 is 0.658 bits per heavy atom. The zero-order chi connectivity index (χ0) is 85.0. The number of anilines is 6. The highest BCUT2D eigenvalue weighted by Gasteiger charge is 2.14. The number of rotatable bonds is 69. The highest BCUT2D eigenvalue weighted by molar-refractivity contribution is 14.2. The predicted octanol–water partition coefficient (Wildman–Crippen LogP) is 21.5. The molecule has 0 aliphatic rings. The Bertz CT molecular complexity index is 3670. The first-order valence-corrected chi connectivity index (χ1v) is 48.5. The van der Waals surface area contributed by atoms with Gasteiger partial charge in [0.25, 0.3) is 0 Å². The van der Waals surface area contributed by atoms with E-state index in [1.165, 1.54) is 18.6 Å². The molecule has 0 bridgehead atoms. The standard InChI is InChI=1S/C89H126BIN6O20PS2/c1-72(98)92-79-37-25-73(26-38-79)69-74-27-39-80(40-28-74)93-85(99)113-65-5-3-4-6-66-114-86(100)94-81-41-29-75(30-42-81)70-76-31-43-82(44-32-76)95-87(101)115-67-23-21-63-111-61-19-17-59-109-57-15-13-55-107-53-11-9-51-105-49-7-8-50-106-52-10-12-54-108-56-14-16-58-110-60-18-20-62-112-64-22-24-68-116-88(102)96-83-45-33-77(34-46-83)71-78-35-47-84(48-36-78)97-89(103)117-119-90-118(91)120-104-2/h25-48H,3-24,49-71H2,1-2H3,(H,92,98)(H,93,99)(H,94,100)(H,95,101)(H,96,102)(H,97,103). The molecule has 0 heterocycles. The topological polar surface area (TPSA) is 304 Å². The molecule has 120 heavy (non-hydrogen) atoms. The second-order valence-corrected chi connectivity index (χ2v) is 37.3. The highest BCUT2D eigenvalue weighted by atomic mass is 127. The number of ether oxygens (including phenoxy) is 12. The lowest BCUT2D eigenvalue weighted by Gasteiger charge is -2.10. The van der Waals surface area contributed by atoms with Crippen molar-refractivity contribution in [1.29, 1.82) is 0 Å². The molecule has 0 saturated heterocycles. The smallest absolute Gasteiger partial charge is 0.422 e. The third-order valence-corrected chi connectivity index (χ3v) is 24.7. The van der Waals surface area contributed by atoms with Gasteiger partial charge in [0.05, 0.1) is 33.5 Å². The maximum Gasteiger partial charge on any atom is 0.422 e. The van der Waals surface area contributed by atoms with Crippen molar-refractivity contribution in [3.63, 3.8) is 0 Å². The van der Waals surface area contributed by atoms with Crippen molar-refractivity contribution in [2.24, 2.45) is 0 Å². The number of hydrogen-bond donors (Lipinski definition) is 6. The SMILES string of the molecule is COSP(I)[B]SOC(=O)Nc1ccc(Cc2ccc(NC(=O)OCCCCOCCCCOCCCCOCCCCOCCCCOCCCCOCCCCOCCCCOCCCCOC(=O)Nc3ccc(Cc4ccc(NC(=O)OCCCCCCOC(=O)Nc5ccc(Cc6ccc(NC(C)=O)cc6)cc5)cc4)cc3)cc2)cc1. The van der Waals surface area contributed by atoms with Crippen molar-refractivity contribution < 1.29 is 94.0 Å². The summed E-state index contributed by atoms with van der Waals surface area (Å²) in [7, 11) is 1.61. The summed E-state index contributed by atoms with van der Waals surface area (Å²) in [5, 5.41) is 16.6. The maximum absolute atomic E-state index is 12.4. The molecule has 659 valence electrons. The van der Waals surface area contributed by atoms with Gasteiger partial charge in [-0.1, -0.05) is 72.8 Å². The molecule has 0 aliphatic heterocycles. The van der Waals surface area contributed by atoms with Crippen LogP contribution in [0.15, 0.2) is 146 Å². The summed E-state index contributed by atoms with van der Waals surface area (Å²) in [6.45, 7) is 14.3. The van der Waals surface area contributed by atoms with Gasteiger partial charge in [-0.3, -0.25) is 31.4 Å². The quantitative estimate of drug-likeness (QED) is 0.00516. The van der Waals surface area contributed by atoms with Crippen LogP contribution in [0.3, 0.4) is 0 Å². The maximum atomic E-state index is 12.4. The van der Waals surface area contributed by atoms with Gasteiger partial charge in [-0.05, 0) is 289 Å². The Morgan fingerprint density at radius 1 is 0.275 bits per heavy atom. The Kier molecular flexibility index (Phi) is 57.7. The second kappa shape index (κ2) is 68.2. The molecule has 0 saturated carbocycles. The fourth-order valence-corrected chi connectivity index (χ4v) is 15.8. The number of hydrogen-bond acceptors (Lipinski definition) is 22. The van der Waals surface area contributed by atoms with Crippen molar-refractivity contribution in [3.8, 4) is 0 Å². The van der Waals surface area contributed by atoms with E-state index in [9.17, 15) is 28.8 Å². The van der Waals surface area contributed by atoms with Gasteiger partial charge < -0.3 is 70.5 Å². The summed E-state index contributed by atoms with van der Waals surface area (Å²) in [6.07, 6.45) is 21.2. The molecule has 1 unspecified atom stereocenters. The zero-order valence-corrected chi connectivity index (χ0v) is 74.7. The lowest BCUT2D eigenvalue weighted by atomic mass is 10.0. The van der Waals surface area contributed by atoms with E-state index >= 15 is 0 Å². The van der Waals surface area contributed by atoms with E-state index in [2.05, 4.69) is 53.9 Å². The summed E-state index contributed by atoms with van der Waals surface area (Å²) < 4.78 is 77.4. The molecule has 1 atom stereocenters. The average Bonchev–Trinajstić information content (AvgIpc) is 0.876. The Hall–Kier alpha value is -7.30. The molecule has 6 aromatic carbocycles. The molecule has 6 amide bonds. The predicted molar refractivity (Wildman–Crippen MR) is 488 cm³/mol. The average molecular weight is 1830 g/mol. The van der Waals surface area contributed by atoms with Crippen molar-refractivity contribution in [1.82, 2.24) is 0 Å². The van der Waals surface area contributed by atoms with Crippen molar-refractivity contribution >= 4 is 127 Å². The molecule has 0 aliphatic carbocycles. The summed E-state index contributed by atoms with van der Waals surface area (Å²) in [4.78, 5) is 72.8. The molecule has 1 radical (unpaired) electrons. The van der Waals surface area contributed by atoms with Crippen LogP contribution in [0.25, 0.3) is 0 Å². The largest absolute Gasteiger partial charge is 0.449 e. The number of carbonyl (C=O) groups is 6. The van der Waals surface area contributed by atoms with Crippen LogP contribution in [0.5, 0.6) is 0 Å². The fourth-order valence-electron chi connectivity index (χ4n) is 11.6. The van der Waals surface area contributed by atoms with Gasteiger partial charge in [0.15, 0.2) is 0 Å². The van der Waals surface area contributed by atoms with Crippen LogP contribution in [-0.2, 0) is 89.3 Å². The Balaban J connectivity index is 0.577. The van der Waals surface area contributed by atoms with Crippen LogP contribution in [0.4, 0.5) is 58.1 Å². The second-order valence-electron chi connectivity index (χ2n) is 28.3. The Labute approximate surface area is 733 Å². The van der Waals surface area contributed by atoms with E-state index in [0.29, 0.717) is 100 Å². The normalized spacial score (nSPS) is 11.3. The zero-order valence-electron chi connectivity index (χ0n) is 70.1. The van der Waals surface area contributed by atoms with Crippen molar-refractivity contribution in [3.05, 3.63) is 179 Å². The van der Waals surface area contributed by atoms with E-state index in [1.54, 1.807) is 7.11 Å². The van der Waals surface area contributed by atoms with Crippen LogP contribution in [0, 0.1) is 0 Å². The molecule has 6 aromatic rings. The summed E-state index contributed by atoms with van der Waals surface area (Å²) in [6, 6.07) is 45.7. The van der Waals surface area contributed by atoms with Crippen LogP contribution < -0.4 is 31.9 Å². The first kappa shape index (κ1) is 102. The minimum atomic E-state index is -0.573. The number of benzene rings is 6. The van der Waals surface area contributed by atoms with E-state index in [-0.39, 0.29) is 19.1 Å². The first-order valence-electron chi connectivity index (χ1n) is 42.2. The molecule has 0 aromatic heterocycles. The molecule has 6 N–H and O–H groups in total. The number of halogens is 1. The molecule has 0 spiro atoms. The molecule has 31 heteroatoms. The van der Waals surface area contributed by atoms with Gasteiger partial charge in [0, 0.05) is 175 Å². The van der Waals surface area contributed by atoms with Crippen molar-refractivity contribution in [2.75, 3.05) is 171 Å². The van der Waals surface area contributed by atoms with Crippen LogP contribution in [0.1, 0.15) is 182 Å². The van der Waals surface area contributed by atoms with Gasteiger partial charge in [-0.2, -0.15) is 0 Å². The highest BCUT2D eigenvalue weighted by Crippen LogP contribution is 2.58. The number of nitrogens with one attached hydrogen (secondary N) is 6. The third-order valence-electron chi connectivity index (χ3n) is 18.0. The molecule has 6 rings (SSSR count). The summed E-state index contributed by atoms with van der Waals surface area (Å²) in [5.74, 6) is -0.108. The first-order chi connectivity index (χ1) is 58.8. The third kappa shape index (κ3) is 53.6. The lowest BCUT2D eigenvalue weighted by molar-refractivity contribution is -0.114. The Morgan fingerprint density at radius 2 is 0.458 bits per heavy atom. The summed E-state index contributed by atoms with van der Waals surface area (Å²) in [5.41, 5.74) is 10.4. The molecular weight excluding hydrogens is 1710 g/mol. The minimum Gasteiger partial charge on any atom is -0.449 e. The van der Waals surface area contributed by atoms with E-state index in [0.717, 1.165) is 259 Å². The minimum absolute atomic E-state index is 0.108. The monoisotopic (exact) mass is 1830 g/mol. The summed E-state index contributed by atoms with van der Waals surface area (Å²) >= 11 is 4.54. The fraction of sp³-hybridized carbons (Fsp3) is 0.528. The van der Waals surface area contributed by atoms with Crippen molar-refractivity contribution in [2.45, 2.75) is 167 Å². The number of carbonyl (C=O) groups excluding carboxylic acids is 6. The lowest BCUT2D eigenvalue weighted by Crippen LogP contribution is -2.15. The molecule has 26 nitrogen and oxygen atoms in total. The van der Waals surface area contributed by atoms with E-state index in [1.807, 2.05) is 152 Å². The number of amides is 6.